The lowest BCUT2D eigenvalue weighted by molar-refractivity contribution is -0.138. The summed E-state index contributed by atoms with van der Waals surface area (Å²) in [6.07, 6.45) is 2.15. The van der Waals surface area contributed by atoms with Gasteiger partial charge in [-0.3, -0.25) is 29.5 Å². The molecule has 0 spiro atoms. The number of ether oxygens (including phenoxy) is 2. The van der Waals surface area contributed by atoms with E-state index in [-0.39, 0.29) is 41.0 Å². The van der Waals surface area contributed by atoms with E-state index in [0.717, 1.165) is 10.7 Å². The van der Waals surface area contributed by atoms with E-state index >= 15 is 9.59 Å². The van der Waals surface area contributed by atoms with Gasteiger partial charge >= 0.3 is 0 Å². The highest BCUT2D eigenvalue weighted by Crippen LogP contribution is 2.65. The first-order valence-corrected chi connectivity index (χ1v) is 21.1. The zero-order valence-corrected chi connectivity index (χ0v) is 36.2. The van der Waals surface area contributed by atoms with Gasteiger partial charge in [-0.05, 0) is 109 Å². The van der Waals surface area contributed by atoms with Crippen molar-refractivity contribution < 1.29 is 33.8 Å². The third-order valence-electron chi connectivity index (χ3n) is 12.9. The first-order valence-electron chi connectivity index (χ1n) is 20.3. The minimum atomic E-state index is -1.67. The fraction of sp³-hybridized carbons (Fsp3) is 0.250. The number of hydrazine groups is 1. The number of carbonyl (C=O) groups is 4. The minimum Gasteiger partial charge on any atom is -0.504 e. The van der Waals surface area contributed by atoms with E-state index in [9.17, 15) is 14.7 Å². The molecule has 0 unspecified atom stereocenters. The maximum atomic E-state index is 15.6. The average Bonchev–Trinajstić information content (AvgIpc) is 3.67. The number of phenolic OH excluding ortho intramolecular Hbond substituents is 1. The molecule has 1 saturated carbocycles. The molecule has 6 atom stereocenters. The third kappa shape index (κ3) is 6.77. The number of amides is 4. The van der Waals surface area contributed by atoms with E-state index < -0.39 is 52.7 Å². The predicted molar refractivity (Wildman–Crippen MR) is 239 cm³/mol. The Morgan fingerprint density at radius 2 is 1.48 bits per heavy atom. The van der Waals surface area contributed by atoms with Gasteiger partial charge < -0.3 is 19.5 Å². The molecule has 2 aliphatic carbocycles. The highest BCUT2D eigenvalue weighted by molar-refractivity contribution is 6.36. The zero-order chi connectivity index (χ0) is 44.3. The van der Waals surface area contributed by atoms with E-state index in [4.69, 9.17) is 32.7 Å². The number of imide groups is 2. The Morgan fingerprint density at radius 1 is 0.794 bits per heavy atom. The molecule has 4 aliphatic rings. The minimum absolute atomic E-state index is 0.0407. The van der Waals surface area contributed by atoms with E-state index in [2.05, 4.69) is 15.7 Å². The number of para-hydroxylation sites is 1. The maximum Gasteiger partial charge on any atom is 0.260 e. The number of halogens is 2. The second-order valence-electron chi connectivity index (χ2n) is 16.2. The number of anilines is 3. The van der Waals surface area contributed by atoms with Gasteiger partial charge in [0.15, 0.2) is 11.5 Å². The number of azo groups is 1. The van der Waals surface area contributed by atoms with Crippen molar-refractivity contribution in [3.8, 4) is 17.2 Å². The van der Waals surface area contributed by atoms with Crippen molar-refractivity contribution >= 4 is 75.3 Å². The van der Waals surface area contributed by atoms with Crippen molar-refractivity contribution in [2.75, 3.05) is 43.5 Å². The van der Waals surface area contributed by atoms with Crippen LogP contribution >= 0.6 is 23.2 Å². The van der Waals surface area contributed by atoms with Crippen LogP contribution in [0.1, 0.15) is 29.9 Å². The number of fused-ring (bicyclic) bond motifs is 4. The average molecular weight is 886 g/mol. The number of nitrogens with one attached hydrogen (secondary N) is 1. The molecular weight excluding hydrogens is 843 g/mol. The van der Waals surface area contributed by atoms with Gasteiger partial charge in [-0.1, -0.05) is 59.1 Å². The third-order valence-corrected chi connectivity index (χ3v) is 13.4. The van der Waals surface area contributed by atoms with Gasteiger partial charge in [0.25, 0.3) is 11.8 Å². The molecule has 2 heterocycles. The Labute approximate surface area is 373 Å². The Kier molecular flexibility index (Phi) is 10.7. The van der Waals surface area contributed by atoms with Gasteiger partial charge in [0.05, 0.1) is 65.2 Å². The number of allylic oxidation sites excluding steroid dienone is 2. The van der Waals surface area contributed by atoms with Crippen LogP contribution in [0.15, 0.2) is 131 Å². The SMILES string of the molecule is COc1ccc([C@@]23C(=O)N(Nc4ccc(Cl)cc4Cl)C(=O)[C@@H]2C[C@@H]2C(=CC[C@@H]4C(=O)N(c5ccc(N=Nc6ccc(N(C)C)cc6)cc5)C(=O)[C@@H]42)[C@@H]3c2cccc(OC)c2O)cc1. The molecule has 2 N–H and O–H groups in total. The molecule has 15 heteroatoms. The fourth-order valence-corrected chi connectivity index (χ4v) is 10.4. The smallest absolute Gasteiger partial charge is 0.260 e. The number of carbonyl (C=O) groups excluding carboxylic acids is 4. The number of nitrogens with zero attached hydrogens (tertiary/aromatic N) is 5. The van der Waals surface area contributed by atoms with Gasteiger partial charge in [0.1, 0.15) is 5.75 Å². The predicted octanol–water partition coefficient (Wildman–Crippen LogP) is 9.39. The first-order chi connectivity index (χ1) is 30.4. The zero-order valence-electron chi connectivity index (χ0n) is 34.7. The summed E-state index contributed by atoms with van der Waals surface area (Å²) in [7, 11) is 6.87. The second kappa shape index (κ2) is 16.2. The summed E-state index contributed by atoms with van der Waals surface area (Å²) >= 11 is 12.8. The molecule has 63 heavy (non-hydrogen) atoms. The maximum absolute atomic E-state index is 15.6. The molecular formula is C48H42Cl2N6O7. The molecule has 3 fully saturated rings. The van der Waals surface area contributed by atoms with Crippen molar-refractivity contribution in [3.63, 3.8) is 0 Å². The van der Waals surface area contributed by atoms with Crippen molar-refractivity contribution in [1.29, 1.82) is 0 Å². The van der Waals surface area contributed by atoms with E-state index in [1.807, 2.05) is 49.3 Å². The number of phenols is 1. The van der Waals surface area contributed by atoms with Crippen LogP contribution in [0, 0.1) is 23.7 Å². The Morgan fingerprint density at radius 3 is 2.11 bits per heavy atom. The summed E-state index contributed by atoms with van der Waals surface area (Å²) in [5.74, 6) is -5.85. The van der Waals surface area contributed by atoms with Crippen LogP contribution in [0.4, 0.5) is 28.4 Å². The molecule has 0 radical (unpaired) electrons. The summed E-state index contributed by atoms with van der Waals surface area (Å²) in [6.45, 7) is 0. The standard InChI is InChI=1S/C48H42Cl2N6O7/c1-54(2)30-15-11-28(12-16-30)51-52-29-13-17-31(18-14-29)55-44(58)34-22-21-33-36(41(34)46(55)60)25-37-45(59)56(53-39-23-10-27(49)24-38(39)50)47(61)48(37,26-8-19-32(62-3)20-9-26)42(33)35-6-5-7-40(63-4)43(35)57/h5-21,23-24,34,36-37,41-42,53,57H,22,25H2,1-4H3/t34-,36+,37-,41-,42+,48+/m0/s1. The van der Waals surface area contributed by atoms with Crippen molar-refractivity contribution in [2.24, 2.45) is 33.9 Å². The van der Waals surface area contributed by atoms with Crippen LogP contribution in [0.5, 0.6) is 17.2 Å². The number of methoxy groups -OCH3 is 2. The van der Waals surface area contributed by atoms with E-state index in [0.29, 0.717) is 44.5 Å². The van der Waals surface area contributed by atoms with Crippen molar-refractivity contribution in [3.05, 3.63) is 142 Å². The number of hydrogen-bond donors (Lipinski definition) is 2. The van der Waals surface area contributed by atoms with Crippen LogP contribution in [-0.4, -0.2) is 62.1 Å². The Balaban J connectivity index is 1.13. The topological polar surface area (TPSA) is 153 Å². The van der Waals surface area contributed by atoms with Crippen LogP contribution in [0.25, 0.3) is 0 Å². The fourth-order valence-electron chi connectivity index (χ4n) is 9.98. The van der Waals surface area contributed by atoms with Crippen molar-refractivity contribution in [2.45, 2.75) is 24.2 Å². The largest absolute Gasteiger partial charge is 0.504 e. The van der Waals surface area contributed by atoms with Gasteiger partial charge in [0, 0.05) is 36.3 Å². The molecule has 0 aromatic heterocycles. The molecule has 2 saturated heterocycles. The van der Waals surface area contributed by atoms with Crippen LogP contribution in [0.2, 0.25) is 10.0 Å². The molecule has 320 valence electrons. The monoisotopic (exact) mass is 884 g/mol. The summed E-state index contributed by atoms with van der Waals surface area (Å²) in [6, 6.07) is 31.0. The van der Waals surface area contributed by atoms with Crippen LogP contribution in [-0.2, 0) is 24.6 Å². The lowest BCUT2D eigenvalue weighted by Gasteiger charge is -2.50. The van der Waals surface area contributed by atoms with E-state index in [1.54, 1.807) is 78.9 Å². The van der Waals surface area contributed by atoms with Crippen molar-refractivity contribution in [1.82, 2.24) is 5.01 Å². The van der Waals surface area contributed by atoms with Gasteiger partial charge in [-0.2, -0.15) is 15.2 Å². The molecule has 2 aliphatic heterocycles. The molecule has 9 rings (SSSR count). The number of rotatable bonds is 10. The lowest BCUT2D eigenvalue weighted by atomic mass is 9.49. The van der Waals surface area contributed by atoms with Crippen LogP contribution < -0.4 is 24.7 Å². The van der Waals surface area contributed by atoms with Gasteiger partial charge in [0.2, 0.25) is 11.8 Å². The normalized spacial score (nSPS) is 24.0. The summed E-state index contributed by atoms with van der Waals surface area (Å²) in [5.41, 5.74) is 5.67. The second-order valence-corrected chi connectivity index (χ2v) is 17.1. The van der Waals surface area contributed by atoms with Gasteiger partial charge in [-0.25, -0.2) is 0 Å². The molecule has 4 amide bonds. The lowest BCUT2D eigenvalue weighted by Crippen LogP contribution is -2.53. The molecule has 0 bridgehead atoms. The first kappa shape index (κ1) is 41.6. The molecule has 5 aromatic rings. The Hall–Kier alpha value is -6.70. The summed E-state index contributed by atoms with van der Waals surface area (Å²) in [4.78, 5) is 63.1. The number of aromatic hydroxyl groups is 1. The Bertz CT molecular complexity index is 2730. The number of benzene rings is 5. The highest BCUT2D eigenvalue weighted by Gasteiger charge is 2.70. The summed E-state index contributed by atoms with van der Waals surface area (Å²) < 4.78 is 11.1. The number of hydrogen-bond acceptors (Lipinski definition) is 11. The molecule has 5 aromatic carbocycles. The summed E-state index contributed by atoms with van der Waals surface area (Å²) in [5, 5.41) is 22.2. The highest BCUT2D eigenvalue weighted by atomic mass is 35.5. The quantitative estimate of drug-likeness (QED) is 0.0794. The van der Waals surface area contributed by atoms with Gasteiger partial charge in [-0.15, -0.1) is 0 Å². The molecule has 13 nitrogen and oxygen atoms in total. The van der Waals surface area contributed by atoms with Crippen LogP contribution in [0.3, 0.4) is 0 Å². The van der Waals surface area contributed by atoms with E-state index in [1.165, 1.54) is 25.2 Å².